The summed E-state index contributed by atoms with van der Waals surface area (Å²) in [7, 11) is 2.40. The second-order valence-electron chi connectivity index (χ2n) is 1.32. The summed E-state index contributed by atoms with van der Waals surface area (Å²) in [6, 6.07) is 0. The number of aliphatic hydroxyl groups is 2. The number of carboxylic acids is 1. The van der Waals surface area contributed by atoms with Crippen molar-refractivity contribution in [3.05, 3.63) is 0 Å². The van der Waals surface area contributed by atoms with E-state index in [-0.39, 0.29) is 0 Å². The van der Waals surface area contributed by atoms with E-state index < -0.39 is 17.8 Å². The molecule has 3 N–H and O–H groups in total. The highest BCUT2D eigenvalue weighted by atomic mass is 28.1. The first-order valence-electron chi connectivity index (χ1n) is 1.82. The summed E-state index contributed by atoms with van der Waals surface area (Å²) in [4.78, 5) is 9.79. The monoisotopic (exact) mass is 133 g/mol. The second-order valence-corrected chi connectivity index (χ2v) is 2.15. The molecule has 5 heteroatoms. The zero-order valence-corrected chi connectivity index (χ0v) is 4.96. The molecule has 0 heterocycles. The molecule has 0 aromatic carbocycles. The van der Waals surface area contributed by atoms with Gasteiger partial charge in [-0.1, -0.05) is 0 Å². The van der Waals surface area contributed by atoms with Gasteiger partial charge >= 0.3 is 5.97 Å². The molecule has 0 spiro atoms. The molecule has 4 nitrogen and oxygen atoms in total. The minimum atomic E-state index is -2.18. The molecule has 0 saturated heterocycles. The molecule has 0 saturated carbocycles. The van der Waals surface area contributed by atoms with Crippen LogP contribution in [0.5, 0.6) is 0 Å². The first-order valence-corrected chi connectivity index (χ1v) is 2.32. The van der Waals surface area contributed by atoms with Crippen molar-refractivity contribution in [3.63, 3.8) is 0 Å². The molecule has 0 aliphatic rings. The number of aliphatic carboxylic acids is 1. The van der Waals surface area contributed by atoms with Gasteiger partial charge in [0.05, 0.1) is 16.8 Å². The van der Waals surface area contributed by atoms with E-state index in [0.29, 0.717) is 0 Å². The van der Waals surface area contributed by atoms with Crippen LogP contribution in [-0.2, 0) is 4.79 Å². The Kier molecular flexibility index (Phi) is 2.14. The predicted molar refractivity (Wildman–Crippen MR) is 25.4 cm³/mol. The normalized spacial score (nSPS) is 17.4. The third kappa shape index (κ3) is 1.61. The number of rotatable bonds is 2. The Bertz CT molecular complexity index is 99.5. The SMILES string of the molecule is O=C(O)C(O)([Si])CO. The number of hydrogen-bond acceptors (Lipinski definition) is 3. The van der Waals surface area contributed by atoms with Crippen LogP contribution in [0, 0.1) is 0 Å². The Morgan fingerprint density at radius 1 is 1.75 bits per heavy atom. The van der Waals surface area contributed by atoms with E-state index in [1.807, 2.05) is 0 Å². The maximum Gasteiger partial charge on any atom is 0.333 e. The lowest BCUT2D eigenvalue weighted by Gasteiger charge is -2.12. The molecule has 8 heavy (non-hydrogen) atoms. The lowest BCUT2D eigenvalue weighted by Crippen LogP contribution is -2.42. The van der Waals surface area contributed by atoms with Crippen molar-refractivity contribution in [2.75, 3.05) is 6.61 Å². The smallest absolute Gasteiger partial charge is 0.333 e. The van der Waals surface area contributed by atoms with Crippen molar-refractivity contribution in [2.24, 2.45) is 0 Å². The molecule has 0 fully saturated rings. The Morgan fingerprint density at radius 3 is 2.12 bits per heavy atom. The lowest BCUT2D eigenvalue weighted by molar-refractivity contribution is -0.152. The second kappa shape index (κ2) is 2.25. The van der Waals surface area contributed by atoms with Crippen LogP contribution in [0.15, 0.2) is 0 Å². The quantitative estimate of drug-likeness (QED) is 0.378. The number of carbonyl (C=O) groups is 1. The Morgan fingerprint density at radius 2 is 2.12 bits per heavy atom. The maximum absolute atomic E-state index is 9.79. The molecule has 0 aliphatic heterocycles. The zero-order valence-electron chi connectivity index (χ0n) is 3.96. The van der Waals surface area contributed by atoms with Crippen LogP contribution >= 0.6 is 0 Å². The molecule has 0 aromatic heterocycles. The van der Waals surface area contributed by atoms with Crippen LogP contribution in [-0.4, -0.2) is 43.4 Å². The standard InChI is InChI=1S/C3H5O4Si/c4-1-3(7,8)2(5)6/h4,7H,1H2,(H,5,6). The van der Waals surface area contributed by atoms with Gasteiger partial charge in [0.2, 0.25) is 0 Å². The van der Waals surface area contributed by atoms with Crippen molar-refractivity contribution in [3.8, 4) is 0 Å². The largest absolute Gasteiger partial charge is 0.479 e. The topological polar surface area (TPSA) is 77.8 Å². The van der Waals surface area contributed by atoms with E-state index in [1.54, 1.807) is 0 Å². The van der Waals surface area contributed by atoms with E-state index in [9.17, 15) is 4.79 Å². The first-order chi connectivity index (χ1) is 3.50. The molecule has 1 atom stereocenters. The molecule has 0 bridgehead atoms. The average Bonchev–Trinajstić information content (AvgIpc) is 1.67. The summed E-state index contributed by atoms with van der Waals surface area (Å²) in [5.74, 6) is -1.50. The summed E-state index contributed by atoms with van der Waals surface area (Å²) in [6.07, 6.45) is 0. The highest BCUT2D eigenvalue weighted by molar-refractivity contribution is 6.25. The third-order valence-electron chi connectivity index (χ3n) is 0.583. The van der Waals surface area contributed by atoms with E-state index in [1.165, 1.54) is 0 Å². The molecule has 1 unspecified atom stereocenters. The van der Waals surface area contributed by atoms with Crippen molar-refractivity contribution < 1.29 is 20.1 Å². The molecular weight excluding hydrogens is 128 g/mol. The van der Waals surface area contributed by atoms with Gasteiger partial charge in [-0.15, -0.1) is 0 Å². The van der Waals surface area contributed by atoms with Gasteiger partial charge in [0.15, 0.2) is 5.22 Å². The van der Waals surface area contributed by atoms with E-state index in [4.69, 9.17) is 15.3 Å². The van der Waals surface area contributed by atoms with Crippen molar-refractivity contribution in [2.45, 2.75) is 5.22 Å². The van der Waals surface area contributed by atoms with E-state index >= 15 is 0 Å². The number of hydrogen-bond donors (Lipinski definition) is 3. The van der Waals surface area contributed by atoms with Gasteiger partial charge in [-0.05, 0) is 0 Å². The zero-order chi connectivity index (χ0) is 6.78. The fourth-order valence-electron chi connectivity index (χ4n) is 0.0676. The van der Waals surface area contributed by atoms with Gasteiger partial charge in [0.1, 0.15) is 0 Å². The average molecular weight is 133 g/mol. The summed E-state index contributed by atoms with van der Waals surface area (Å²) in [5, 5.41) is 22.4. The van der Waals surface area contributed by atoms with Crippen LogP contribution in [0.2, 0.25) is 0 Å². The van der Waals surface area contributed by atoms with Crippen LogP contribution < -0.4 is 0 Å². The van der Waals surface area contributed by atoms with E-state index in [0.717, 1.165) is 0 Å². The number of aliphatic hydroxyl groups excluding tert-OH is 1. The first kappa shape index (κ1) is 7.61. The summed E-state index contributed by atoms with van der Waals surface area (Å²) >= 11 is 0. The van der Waals surface area contributed by atoms with E-state index in [2.05, 4.69) is 10.2 Å². The van der Waals surface area contributed by atoms with Gasteiger partial charge in [-0.2, -0.15) is 0 Å². The van der Waals surface area contributed by atoms with Crippen LogP contribution in [0.4, 0.5) is 0 Å². The van der Waals surface area contributed by atoms with Gasteiger partial charge in [-0.25, -0.2) is 4.79 Å². The molecule has 0 amide bonds. The Labute approximate surface area is 49.2 Å². The van der Waals surface area contributed by atoms with Gasteiger partial charge in [-0.3, -0.25) is 0 Å². The molecular formula is C3H5O4Si. The Balaban J connectivity index is 3.91. The highest BCUT2D eigenvalue weighted by Gasteiger charge is 2.28. The predicted octanol–water partition coefficient (Wildman–Crippen LogP) is -2.08. The molecule has 0 aliphatic carbocycles. The fraction of sp³-hybridized carbons (Fsp3) is 0.667. The van der Waals surface area contributed by atoms with Crippen molar-refractivity contribution in [1.82, 2.24) is 0 Å². The lowest BCUT2D eigenvalue weighted by atomic mass is 10.4. The van der Waals surface area contributed by atoms with Gasteiger partial charge < -0.3 is 15.3 Å². The molecule has 0 rings (SSSR count). The van der Waals surface area contributed by atoms with Crippen LogP contribution in [0.1, 0.15) is 0 Å². The maximum atomic E-state index is 9.79. The number of carboxylic acid groups (broad SMARTS) is 1. The summed E-state index contributed by atoms with van der Waals surface area (Å²) in [6.45, 7) is -0.848. The highest BCUT2D eigenvalue weighted by Crippen LogP contribution is 1.93. The minimum absolute atomic E-state index is 0.848. The molecule has 3 radical (unpaired) electrons. The summed E-state index contributed by atoms with van der Waals surface area (Å²) in [5.41, 5.74) is 0. The van der Waals surface area contributed by atoms with Crippen LogP contribution in [0.25, 0.3) is 0 Å². The molecule has 0 aromatic rings. The van der Waals surface area contributed by atoms with Gasteiger partial charge in [0.25, 0.3) is 0 Å². The van der Waals surface area contributed by atoms with Crippen molar-refractivity contribution >= 4 is 16.2 Å². The Hall–Kier alpha value is -0.393. The van der Waals surface area contributed by atoms with Crippen LogP contribution in [0.3, 0.4) is 0 Å². The van der Waals surface area contributed by atoms with Gasteiger partial charge in [0, 0.05) is 0 Å². The third-order valence-corrected chi connectivity index (χ3v) is 0.955. The molecule has 45 valence electrons. The summed E-state index contributed by atoms with van der Waals surface area (Å²) < 4.78 is 0. The minimum Gasteiger partial charge on any atom is -0.479 e. The fourth-order valence-corrected chi connectivity index (χ4v) is 0.0676. The van der Waals surface area contributed by atoms with Crippen molar-refractivity contribution in [1.29, 1.82) is 0 Å².